The second-order valence-corrected chi connectivity index (χ2v) is 7.17. The first-order chi connectivity index (χ1) is 8.84. The third kappa shape index (κ3) is 4.74. The van der Waals surface area contributed by atoms with Crippen LogP contribution in [0.1, 0.15) is 46.0 Å². The predicted molar refractivity (Wildman–Crippen MR) is 73.1 cm³/mol. The average molecular weight is 292 g/mol. The van der Waals surface area contributed by atoms with Crippen molar-refractivity contribution in [2.75, 3.05) is 12.4 Å². The van der Waals surface area contributed by atoms with Gasteiger partial charge < -0.3 is 10.4 Å². The summed E-state index contributed by atoms with van der Waals surface area (Å²) in [7, 11) is -3.41. The van der Waals surface area contributed by atoms with Gasteiger partial charge in [0, 0.05) is 0 Å². The molecule has 1 aliphatic rings. The molecule has 0 aliphatic heterocycles. The van der Waals surface area contributed by atoms with E-state index in [4.69, 9.17) is 0 Å². The molecule has 1 atom stereocenters. The van der Waals surface area contributed by atoms with Crippen LogP contribution < -0.4 is 10.0 Å². The van der Waals surface area contributed by atoms with Crippen molar-refractivity contribution in [3.05, 3.63) is 0 Å². The minimum atomic E-state index is -3.41. The van der Waals surface area contributed by atoms with Gasteiger partial charge in [-0.05, 0) is 26.2 Å². The number of hydrogen-bond acceptors (Lipinski definition) is 4. The summed E-state index contributed by atoms with van der Waals surface area (Å²) in [4.78, 5) is 12.0. The SMILES string of the molecule is CCCS(=O)(=O)NC(C)C(=O)NC1(CO)CCCC1. The molecular weight excluding hydrogens is 268 g/mol. The topological polar surface area (TPSA) is 95.5 Å². The van der Waals surface area contributed by atoms with Gasteiger partial charge in [-0.1, -0.05) is 19.8 Å². The number of carbonyl (C=O) groups excluding carboxylic acids is 1. The highest BCUT2D eigenvalue weighted by atomic mass is 32.2. The molecule has 1 rings (SSSR count). The van der Waals surface area contributed by atoms with E-state index in [9.17, 15) is 18.3 Å². The van der Waals surface area contributed by atoms with Gasteiger partial charge in [0.05, 0.1) is 23.9 Å². The third-order valence-corrected chi connectivity index (χ3v) is 5.13. The van der Waals surface area contributed by atoms with Crippen LogP contribution in [0.4, 0.5) is 0 Å². The number of aliphatic hydroxyl groups excluding tert-OH is 1. The van der Waals surface area contributed by atoms with E-state index in [0.29, 0.717) is 6.42 Å². The zero-order valence-corrected chi connectivity index (χ0v) is 12.4. The molecule has 0 aromatic rings. The molecule has 0 saturated heterocycles. The van der Waals surface area contributed by atoms with Gasteiger partial charge in [-0.15, -0.1) is 0 Å². The maximum atomic E-state index is 12.0. The summed E-state index contributed by atoms with van der Waals surface area (Å²) in [6.45, 7) is 3.18. The lowest BCUT2D eigenvalue weighted by Gasteiger charge is -2.29. The van der Waals surface area contributed by atoms with E-state index >= 15 is 0 Å². The zero-order valence-electron chi connectivity index (χ0n) is 11.6. The fourth-order valence-corrected chi connectivity index (χ4v) is 3.70. The van der Waals surface area contributed by atoms with Crippen LogP contribution in [0.5, 0.6) is 0 Å². The molecular formula is C12H24N2O4S. The van der Waals surface area contributed by atoms with Gasteiger partial charge in [0.2, 0.25) is 15.9 Å². The maximum absolute atomic E-state index is 12.0. The Balaban J connectivity index is 2.58. The van der Waals surface area contributed by atoms with Crippen molar-refractivity contribution in [2.24, 2.45) is 0 Å². The number of amides is 1. The molecule has 0 aromatic carbocycles. The molecule has 0 bridgehead atoms. The highest BCUT2D eigenvalue weighted by Gasteiger charge is 2.36. The Kier molecular flexibility index (Phi) is 5.76. The van der Waals surface area contributed by atoms with Crippen LogP contribution in [0.2, 0.25) is 0 Å². The highest BCUT2D eigenvalue weighted by molar-refractivity contribution is 7.89. The lowest BCUT2D eigenvalue weighted by atomic mass is 9.98. The predicted octanol–water partition coefficient (Wildman–Crippen LogP) is 0.126. The van der Waals surface area contributed by atoms with E-state index in [1.807, 2.05) is 0 Å². The van der Waals surface area contributed by atoms with Crippen LogP contribution in [-0.4, -0.2) is 43.4 Å². The monoisotopic (exact) mass is 292 g/mol. The van der Waals surface area contributed by atoms with Crippen molar-refractivity contribution in [1.29, 1.82) is 0 Å². The van der Waals surface area contributed by atoms with Crippen LogP contribution in [0.25, 0.3) is 0 Å². The fourth-order valence-electron chi connectivity index (χ4n) is 2.39. The number of hydrogen-bond donors (Lipinski definition) is 3. The first kappa shape index (κ1) is 16.4. The van der Waals surface area contributed by atoms with Crippen molar-refractivity contribution >= 4 is 15.9 Å². The highest BCUT2D eigenvalue weighted by Crippen LogP contribution is 2.29. The summed E-state index contributed by atoms with van der Waals surface area (Å²) in [5, 5.41) is 12.2. The van der Waals surface area contributed by atoms with Crippen molar-refractivity contribution in [1.82, 2.24) is 10.0 Å². The van der Waals surface area contributed by atoms with Crippen LogP contribution in [0.3, 0.4) is 0 Å². The van der Waals surface area contributed by atoms with E-state index in [-0.39, 0.29) is 18.3 Å². The number of aliphatic hydroxyl groups is 1. The van der Waals surface area contributed by atoms with Crippen molar-refractivity contribution in [3.63, 3.8) is 0 Å². The normalized spacial score (nSPS) is 20.2. The molecule has 1 saturated carbocycles. The van der Waals surface area contributed by atoms with Crippen molar-refractivity contribution < 1.29 is 18.3 Å². The second kappa shape index (κ2) is 6.67. The van der Waals surface area contributed by atoms with Crippen molar-refractivity contribution in [3.8, 4) is 0 Å². The standard InChI is InChI=1S/C12H24N2O4S/c1-3-8-19(17,18)14-10(2)11(16)13-12(9-15)6-4-5-7-12/h10,14-15H,3-9H2,1-2H3,(H,13,16). The van der Waals surface area contributed by atoms with E-state index in [0.717, 1.165) is 25.7 Å². The van der Waals surface area contributed by atoms with Gasteiger partial charge in [0.25, 0.3) is 0 Å². The maximum Gasteiger partial charge on any atom is 0.238 e. The Morgan fingerprint density at radius 2 is 1.95 bits per heavy atom. The third-order valence-electron chi connectivity index (χ3n) is 3.47. The molecule has 112 valence electrons. The first-order valence-corrected chi connectivity index (χ1v) is 8.42. The average Bonchev–Trinajstić information content (AvgIpc) is 2.77. The quantitative estimate of drug-likeness (QED) is 0.621. The molecule has 7 heteroatoms. The summed E-state index contributed by atoms with van der Waals surface area (Å²) >= 11 is 0. The molecule has 1 unspecified atom stereocenters. The molecule has 0 aromatic heterocycles. The minimum Gasteiger partial charge on any atom is -0.394 e. The largest absolute Gasteiger partial charge is 0.394 e. The lowest BCUT2D eigenvalue weighted by molar-refractivity contribution is -0.124. The van der Waals surface area contributed by atoms with Crippen LogP contribution in [0.15, 0.2) is 0 Å². The number of nitrogens with one attached hydrogen (secondary N) is 2. The molecule has 0 heterocycles. The molecule has 3 N–H and O–H groups in total. The van der Waals surface area contributed by atoms with Gasteiger partial charge in [-0.3, -0.25) is 4.79 Å². The molecule has 1 amide bonds. The van der Waals surface area contributed by atoms with Crippen LogP contribution >= 0.6 is 0 Å². The lowest BCUT2D eigenvalue weighted by Crippen LogP contribution is -2.55. The smallest absolute Gasteiger partial charge is 0.238 e. The summed E-state index contributed by atoms with van der Waals surface area (Å²) in [6.07, 6.45) is 3.92. The number of rotatable bonds is 7. The minimum absolute atomic E-state index is 0.00969. The van der Waals surface area contributed by atoms with Gasteiger partial charge in [-0.25, -0.2) is 13.1 Å². The zero-order chi connectivity index (χ0) is 14.5. The van der Waals surface area contributed by atoms with Gasteiger partial charge in [0.15, 0.2) is 0 Å². The summed E-state index contributed by atoms with van der Waals surface area (Å²) in [6, 6.07) is -0.819. The van der Waals surface area contributed by atoms with Crippen LogP contribution in [-0.2, 0) is 14.8 Å². The van der Waals surface area contributed by atoms with Gasteiger partial charge in [-0.2, -0.15) is 0 Å². The Labute approximate surface area is 115 Å². The molecule has 6 nitrogen and oxygen atoms in total. The van der Waals surface area contributed by atoms with Gasteiger partial charge in [0.1, 0.15) is 0 Å². The van der Waals surface area contributed by atoms with E-state index in [1.165, 1.54) is 6.92 Å². The Bertz CT molecular complexity index is 402. The van der Waals surface area contributed by atoms with Gasteiger partial charge >= 0.3 is 0 Å². The summed E-state index contributed by atoms with van der Waals surface area (Å²) < 4.78 is 25.5. The molecule has 1 aliphatic carbocycles. The molecule has 19 heavy (non-hydrogen) atoms. The summed E-state index contributed by atoms with van der Waals surface area (Å²) in [5.74, 6) is -0.369. The number of carbonyl (C=O) groups is 1. The molecule has 0 spiro atoms. The molecule has 0 radical (unpaired) electrons. The number of sulfonamides is 1. The van der Waals surface area contributed by atoms with E-state index in [2.05, 4.69) is 10.0 Å². The first-order valence-electron chi connectivity index (χ1n) is 6.77. The van der Waals surface area contributed by atoms with E-state index < -0.39 is 21.6 Å². The Hall–Kier alpha value is -0.660. The van der Waals surface area contributed by atoms with Crippen molar-refractivity contribution in [2.45, 2.75) is 57.5 Å². The summed E-state index contributed by atoms with van der Waals surface area (Å²) in [5.41, 5.74) is -0.568. The fraction of sp³-hybridized carbons (Fsp3) is 0.917. The Morgan fingerprint density at radius 3 is 2.42 bits per heavy atom. The van der Waals surface area contributed by atoms with E-state index in [1.54, 1.807) is 6.92 Å². The molecule has 1 fully saturated rings. The van der Waals surface area contributed by atoms with Crippen LogP contribution in [0, 0.1) is 0 Å². The second-order valence-electron chi connectivity index (χ2n) is 5.29. The Morgan fingerprint density at radius 1 is 1.37 bits per heavy atom.